The molecule has 0 aliphatic rings. The molecule has 1 N–H and O–H groups in total. The van der Waals surface area contributed by atoms with Crippen molar-refractivity contribution in [3.63, 3.8) is 0 Å². The Morgan fingerprint density at radius 3 is 2.65 bits per heavy atom. The number of rotatable bonds is 11. The molecule has 5 heteroatoms. The third-order valence-corrected chi connectivity index (χ3v) is 2.94. The summed E-state index contributed by atoms with van der Waals surface area (Å²) in [5.74, 6) is 2.27. The van der Waals surface area contributed by atoms with Crippen molar-refractivity contribution >= 4 is 5.82 Å². The van der Waals surface area contributed by atoms with Gasteiger partial charge in [0.2, 0.25) is 5.88 Å². The number of anilines is 1. The molecule has 5 nitrogen and oxygen atoms in total. The number of aromatic nitrogens is 2. The van der Waals surface area contributed by atoms with Crippen LogP contribution < -0.4 is 10.1 Å². The SMILES string of the molecule is CCCCCCNc1cc(OCCOC)nc(CC)n1. The highest BCUT2D eigenvalue weighted by atomic mass is 16.5. The molecule has 0 bridgehead atoms. The van der Waals surface area contributed by atoms with E-state index in [1.165, 1.54) is 25.7 Å². The molecule has 0 aromatic carbocycles. The van der Waals surface area contributed by atoms with Gasteiger partial charge in [0.25, 0.3) is 0 Å². The highest BCUT2D eigenvalue weighted by Gasteiger charge is 2.04. The van der Waals surface area contributed by atoms with Crippen molar-refractivity contribution in [2.24, 2.45) is 0 Å². The fourth-order valence-electron chi connectivity index (χ4n) is 1.79. The van der Waals surface area contributed by atoms with Crippen molar-refractivity contribution in [1.29, 1.82) is 0 Å². The van der Waals surface area contributed by atoms with E-state index in [0.29, 0.717) is 19.1 Å². The predicted molar refractivity (Wildman–Crippen MR) is 81.4 cm³/mol. The summed E-state index contributed by atoms with van der Waals surface area (Å²) in [6.45, 7) is 6.27. The summed E-state index contributed by atoms with van der Waals surface area (Å²) >= 11 is 0. The number of ether oxygens (including phenoxy) is 2. The number of nitrogens with one attached hydrogen (secondary N) is 1. The Hall–Kier alpha value is -1.36. The first-order valence-electron chi connectivity index (χ1n) is 7.53. The topological polar surface area (TPSA) is 56.3 Å². The van der Waals surface area contributed by atoms with Crippen LogP contribution in [0.1, 0.15) is 45.4 Å². The van der Waals surface area contributed by atoms with E-state index in [4.69, 9.17) is 9.47 Å². The van der Waals surface area contributed by atoms with E-state index < -0.39 is 0 Å². The Balaban J connectivity index is 2.49. The minimum absolute atomic E-state index is 0.507. The van der Waals surface area contributed by atoms with E-state index in [-0.39, 0.29) is 0 Å². The maximum atomic E-state index is 5.56. The van der Waals surface area contributed by atoms with Gasteiger partial charge in [-0.05, 0) is 6.42 Å². The van der Waals surface area contributed by atoms with Gasteiger partial charge in [-0.1, -0.05) is 33.1 Å². The molecule has 20 heavy (non-hydrogen) atoms. The zero-order valence-corrected chi connectivity index (χ0v) is 12.9. The summed E-state index contributed by atoms with van der Waals surface area (Å²) in [4.78, 5) is 8.82. The largest absolute Gasteiger partial charge is 0.475 e. The lowest BCUT2D eigenvalue weighted by atomic mass is 10.2. The molecule has 114 valence electrons. The molecule has 0 radical (unpaired) electrons. The molecule has 1 heterocycles. The normalized spacial score (nSPS) is 10.6. The minimum atomic E-state index is 0.507. The number of methoxy groups -OCH3 is 1. The quantitative estimate of drug-likeness (QED) is 0.632. The maximum absolute atomic E-state index is 5.56. The predicted octanol–water partition coefficient (Wildman–Crippen LogP) is 3.06. The lowest BCUT2D eigenvalue weighted by Crippen LogP contribution is -2.09. The average Bonchev–Trinajstić information content (AvgIpc) is 2.47. The van der Waals surface area contributed by atoms with Crippen molar-refractivity contribution in [2.75, 3.05) is 32.2 Å². The average molecular weight is 281 g/mol. The number of hydrogen-bond donors (Lipinski definition) is 1. The summed E-state index contributed by atoms with van der Waals surface area (Å²) in [5, 5.41) is 3.35. The molecule has 1 aromatic rings. The lowest BCUT2D eigenvalue weighted by Gasteiger charge is -2.10. The molecule has 1 aromatic heterocycles. The van der Waals surface area contributed by atoms with Gasteiger partial charge in [0.1, 0.15) is 18.2 Å². The molecule has 0 saturated heterocycles. The first-order valence-corrected chi connectivity index (χ1v) is 7.53. The summed E-state index contributed by atoms with van der Waals surface area (Å²) in [6, 6.07) is 1.86. The van der Waals surface area contributed by atoms with Crippen LogP contribution in [0.25, 0.3) is 0 Å². The van der Waals surface area contributed by atoms with Crippen LogP contribution in [-0.4, -0.2) is 36.8 Å². The van der Waals surface area contributed by atoms with Gasteiger partial charge < -0.3 is 14.8 Å². The van der Waals surface area contributed by atoms with Crippen molar-refractivity contribution in [3.05, 3.63) is 11.9 Å². The van der Waals surface area contributed by atoms with Crippen LogP contribution in [0, 0.1) is 0 Å². The molecule has 0 fully saturated rings. The van der Waals surface area contributed by atoms with E-state index in [0.717, 1.165) is 24.6 Å². The van der Waals surface area contributed by atoms with E-state index in [9.17, 15) is 0 Å². The van der Waals surface area contributed by atoms with Crippen LogP contribution in [0.5, 0.6) is 5.88 Å². The van der Waals surface area contributed by atoms with E-state index in [2.05, 4.69) is 22.2 Å². The van der Waals surface area contributed by atoms with Crippen molar-refractivity contribution in [2.45, 2.75) is 46.0 Å². The first kappa shape index (κ1) is 16.7. The Kier molecular flexibility index (Phi) is 8.71. The highest BCUT2D eigenvalue weighted by molar-refractivity contribution is 5.38. The summed E-state index contributed by atoms with van der Waals surface area (Å²) < 4.78 is 10.5. The second-order valence-electron chi connectivity index (χ2n) is 4.69. The van der Waals surface area contributed by atoms with Gasteiger partial charge >= 0.3 is 0 Å². The van der Waals surface area contributed by atoms with Gasteiger partial charge in [-0.15, -0.1) is 0 Å². The zero-order chi connectivity index (χ0) is 14.6. The maximum Gasteiger partial charge on any atom is 0.218 e. The van der Waals surface area contributed by atoms with Crippen LogP contribution in [0.4, 0.5) is 5.82 Å². The van der Waals surface area contributed by atoms with Gasteiger partial charge in [0, 0.05) is 26.1 Å². The van der Waals surface area contributed by atoms with Gasteiger partial charge in [-0.3, -0.25) is 0 Å². The molecule has 0 unspecified atom stereocenters. The van der Waals surface area contributed by atoms with E-state index in [1.807, 2.05) is 13.0 Å². The number of aryl methyl sites for hydroxylation is 1. The summed E-state index contributed by atoms with van der Waals surface area (Å²) in [5.41, 5.74) is 0. The van der Waals surface area contributed by atoms with Crippen LogP contribution in [0.3, 0.4) is 0 Å². The zero-order valence-electron chi connectivity index (χ0n) is 12.9. The standard InChI is InChI=1S/C15H27N3O2/c1-4-6-7-8-9-16-14-12-15(20-11-10-19-3)18-13(5-2)17-14/h12H,4-11H2,1-3H3,(H,16,17,18). The highest BCUT2D eigenvalue weighted by Crippen LogP contribution is 2.14. The second kappa shape index (κ2) is 10.4. The molecular formula is C15H27N3O2. The number of nitrogens with zero attached hydrogens (tertiary/aromatic N) is 2. The molecule has 0 spiro atoms. The van der Waals surface area contributed by atoms with Gasteiger partial charge in [0.05, 0.1) is 6.61 Å². The van der Waals surface area contributed by atoms with Crippen LogP contribution >= 0.6 is 0 Å². The summed E-state index contributed by atoms with van der Waals surface area (Å²) in [6.07, 6.45) is 5.76. The summed E-state index contributed by atoms with van der Waals surface area (Å²) in [7, 11) is 1.66. The smallest absolute Gasteiger partial charge is 0.218 e. The van der Waals surface area contributed by atoms with Crippen LogP contribution in [-0.2, 0) is 11.2 Å². The molecular weight excluding hydrogens is 254 g/mol. The number of hydrogen-bond acceptors (Lipinski definition) is 5. The van der Waals surface area contributed by atoms with Gasteiger partial charge in [-0.2, -0.15) is 4.98 Å². The molecule has 1 rings (SSSR count). The Bertz CT molecular complexity index is 372. The fourth-order valence-corrected chi connectivity index (χ4v) is 1.79. The fraction of sp³-hybridized carbons (Fsp3) is 0.733. The van der Waals surface area contributed by atoms with Crippen LogP contribution in [0.15, 0.2) is 6.07 Å². The Labute approximate surface area is 122 Å². The van der Waals surface area contributed by atoms with Gasteiger partial charge in [0.15, 0.2) is 0 Å². The first-order chi connectivity index (χ1) is 9.80. The lowest BCUT2D eigenvalue weighted by molar-refractivity contribution is 0.143. The Morgan fingerprint density at radius 2 is 1.95 bits per heavy atom. The van der Waals surface area contributed by atoms with Gasteiger partial charge in [-0.25, -0.2) is 4.98 Å². The third-order valence-electron chi connectivity index (χ3n) is 2.94. The van der Waals surface area contributed by atoms with Crippen molar-refractivity contribution < 1.29 is 9.47 Å². The third kappa shape index (κ3) is 6.70. The Morgan fingerprint density at radius 1 is 1.10 bits per heavy atom. The molecule has 0 saturated carbocycles. The monoisotopic (exact) mass is 281 g/mol. The van der Waals surface area contributed by atoms with E-state index in [1.54, 1.807) is 7.11 Å². The second-order valence-corrected chi connectivity index (χ2v) is 4.69. The van der Waals surface area contributed by atoms with Crippen LogP contribution in [0.2, 0.25) is 0 Å². The minimum Gasteiger partial charge on any atom is -0.475 e. The molecule has 0 aliphatic carbocycles. The molecule has 0 aliphatic heterocycles. The molecule has 0 amide bonds. The van der Waals surface area contributed by atoms with E-state index >= 15 is 0 Å². The number of unbranched alkanes of at least 4 members (excludes halogenated alkanes) is 3. The van der Waals surface area contributed by atoms with Crippen molar-refractivity contribution in [3.8, 4) is 5.88 Å². The molecule has 0 atom stereocenters. The van der Waals surface area contributed by atoms with Crippen molar-refractivity contribution in [1.82, 2.24) is 9.97 Å².